The summed E-state index contributed by atoms with van der Waals surface area (Å²) in [6, 6.07) is 8.43. The number of alkyl halides is 3. The average Bonchev–Trinajstić information content (AvgIpc) is 3.19. The van der Waals surface area contributed by atoms with Crippen LogP contribution in [0.5, 0.6) is 5.75 Å². The fourth-order valence-electron chi connectivity index (χ4n) is 4.09. The van der Waals surface area contributed by atoms with Crippen molar-refractivity contribution in [2.75, 3.05) is 16.8 Å². The van der Waals surface area contributed by atoms with Gasteiger partial charge in [-0.1, -0.05) is 0 Å². The summed E-state index contributed by atoms with van der Waals surface area (Å²) in [5.41, 5.74) is 2.76. The number of benzene rings is 1. The number of halogens is 3. The van der Waals surface area contributed by atoms with Crippen molar-refractivity contribution >= 4 is 23.1 Å². The van der Waals surface area contributed by atoms with Gasteiger partial charge in [-0.2, -0.15) is 13.2 Å². The summed E-state index contributed by atoms with van der Waals surface area (Å²) in [4.78, 5) is 21.9. The van der Waals surface area contributed by atoms with E-state index >= 15 is 0 Å². The van der Waals surface area contributed by atoms with Crippen molar-refractivity contribution in [1.29, 1.82) is 0 Å². The Morgan fingerprint density at radius 1 is 1.12 bits per heavy atom. The summed E-state index contributed by atoms with van der Waals surface area (Å²) in [5, 5.41) is 2.89. The number of nitrogens with zero attached hydrogens (tertiary/aromatic N) is 3. The maximum Gasteiger partial charge on any atom is 0.417 e. The van der Waals surface area contributed by atoms with E-state index in [0.29, 0.717) is 24.5 Å². The molecule has 5 rings (SSSR count). The molecular formula is C23H19F3N4O2. The number of hydrogen-bond acceptors (Lipinski definition) is 5. The minimum absolute atomic E-state index is 0.107. The molecule has 0 spiro atoms. The smallest absolute Gasteiger partial charge is 0.417 e. The van der Waals surface area contributed by atoms with Gasteiger partial charge in [-0.15, -0.1) is 0 Å². The van der Waals surface area contributed by atoms with E-state index in [-0.39, 0.29) is 17.7 Å². The Morgan fingerprint density at radius 3 is 2.72 bits per heavy atom. The SMILES string of the molecule is CC1Oc2cc(N3CCCC3=O)ccc2-c2cnc(Nc3cncc(C(F)(F)F)c3)cc21. The van der Waals surface area contributed by atoms with Crippen LogP contribution < -0.4 is 15.0 Å². The number of fused-ring (bicyclic) bond motifs is 3. The fraction of sp³-hybridized carbons (Fsp3) is 0.261. The number of ether oxygens (including phenoxy) is 1. The lowest BCUT2D eigenvalue weighted by molar-refractivity contribution is -0.137. The molecule has 0 saturated carbocycles. The highest BCUT2D eigenvalue weighted by molar-refractivity contribution is 5.96. The Morgan fingerprint density at radius 2 is 1.97 bits per heavy atom. The van der Waals surface area contributed by atoms with Crippen molar-refractivity contribution in [2.24, 2.45) is 0 Å². The number of aromatic nitrogens is 2. The average molecular weight is 440 g/mol. The van der Waals surface area contributed by atoms with Crippen molar-refractivity contribution in [3.05, 3.63) is 60.0 Å². The number of pyridine rings is 2. The minimum atomic E-state index is -4.47. The van der Waals surface area contributed by atoms with E-state index in [1.165, 1.54) is 6.20 Å². The molecule has 2 aliphatic rings. The standard InChI is InChI=1S/C23H19F3N4O2/c1-13-18-9-21(29-15-7-14(10-27-11-15)23(24,25)26)28-12-19(18)17-5-4-16(8-20(17)32-13)30-6-2-3-22(30)31/h4-5,7-13H,2-3,6H2,1H3,(H,28,29). The van der Waals surface area contributed by atoms with Crippen LogP contribution in [0.4, 0.5) is 30.4 Å². The highest BCUT2D eigenvalue weighted by Gasteiger charge is 2.31. The van der Waals surface area contributed by atoms with E-state index in [4.69, 9.17) is 4.74 Å². The first kappa shape index (κ1) is 20.3. The molecule has 1 atom stereocenters. The Kier molecular flexibility index (Phi) is 4.76. The second kappa shape index (κ2) is 7.51. The van der Waals surface area contributed by atoms with Crippen LogP contribution in [-0.4, -0.2) is 22.4 Å². The van der Waals surface area contributed by atoms with Gasteiger partial charge in [0.15, 0.2) is 0 Å². The maximum absolute atomic E-state index is 13.0. The van der Waals surface area contributed by atoms with Crippen molar-refractivity contribution in [1.82, 2.24) is 9.97 Å². The van der Waals surface area contributed by atoms with Crippen LogP contribution >= 0.6 is 0 Å². The molecule has 1 unspecified atom stereocenters. The molecule has 0 radical (unpaired) electrons. The van der Waals surface area contributed by atoms with Crippen molar-refractivity contribution < 1.29 is 22.7 Å². The lowest BCUT2D eigenvalue weighted by atomic mass is 9.94. The quantitative estimate of drug-likeness (QED) is 0.584. The number of amides is 1. The number of rotatable bonds is 3. The largest absolute Gasteiger partial charge is 0.485 e. The summed E-state index contributed by atoms with van der Waals surface area (Å²) in [6.07, 6.45) is 0.394. The predicted molar refractivity (Wildman–Crippen MR) is 113 cm³/mol. The third-order valence-electron chi connectivity index (χ3n) is 5.66. The Labute approximate surface area is 182 Å². The van der Waals surface area contributed by atoms with Gasteiger partial charge in [0.1, 0.15) is 17.7 Å². The Hall–Kier alpha value is -3.62. The van der Waals surface area contributed by atoms with E-state index < -0.39 is 11.7 Å². The normalized spacial score (nSPS) is 17.6. The van der Waals surface area contributed by atoms with Crippen LogP contribution in [-0.2, 0) is 11.0 Å². The number of anilines is 3. The fourth-order valence-corrected chi connectivity index (χ4v) is 4.09. The molecule has 4 heterocycles. The topological polar surface area (TPSA) is 67.3 Å². The Bertz CT molecular complexity index is 1210. The zero-order chi connectivity index (χ0) is 22.5. The molecule has 3 aromatic rings. The first-order chi connectivity index (χ1) is 15.3. The number of carbonyl (C=O) groups excluding carboxylic acids is 1. The zero-order valence-corrected chi connectivity index (χ0v) is 17.1. The monoisotopic (exact) mass is 440 g/mol. The number of nitrogens with one attached hydrogen (secondary N) is 1. The first-order valence-corrected chi connectivity index (χ1v) is 10.2. The first-order valence-electron chi connectivity index (χ1n) is 10.2. The van der Waals surface area contributed by atoms with E-state index in [1.54, 1.807) is 17.2 Å². The van der Waals surface area contributed by atoms with E-state index in [2.05, 4.69) is 15.3 Å². The lowest BCUT2D eigenvalue weighted by Gasteiger charge is -2.28. The third kappa shape index (κ3) is 3.63. The zero-order valence-electron chi connectivity index (χ0n) is 17.1. The summed E-state index contributed by atoms with van der Waals surface area (Å²) in [7, 11) is 0. The van der Waals surface area contributed by atoms with Crippen LogP contribution in [0.25, 0.3) is 11.1 Å². The van der Waals surface area contributed by atoms with Gasteiger partial charge in [0.25, 0.3) is 0 Å². The van der Waals surface area contributed by atoms with Gasteiger partial charge >= 0.3 is 6.18 Å². The molecule has 1 N–H and O–H groups in total. The van der Waals surface area contributed by atoms with E-state index in [0.717, 1.165) is 41.1 Å². The second-order valence-corrected chi connectivity index (χ2v) is 7.83. The summed E-state index contributed by atoms with van der Waals surface area (Å²) >= 11 is 0. The van der Waals surface area contributed by atoms with Crippen molar-refractivity contribution in [3.8, 4) is 16.9 Å². The molecule has 9 heteroatoms. The molecule has 0 aliphatic carbocycles. The molecule has 1 amide bonds. The number of hydrogen-bond donors (Lipinski definition) is 1. The van der Waals surface area contributed by atoms with Crippen LogP contribution in [0.3, 0.4) is 0 Å². The molecule has 164 valence electrons. The molecule has 6 nitrogen and oxygen atoms in total. The van der Waals surface area contributed by atoms with Gasteiger partial charge in [0, 0.05) is 53.8 Å². The minimum Gasteiger partial charge on any atom is -0.485 e. The molecule has 2 aliphatic heterocycles. The van der Waals surface area contributed by atoms with Gasteiger partial charge in [-0.25, -0.2) is 4.98 Å². The van der Waals surface area contributed by atoms with Gasteiger partial charge in [0.2, 0.25) is 5.91 Å². The molecule has 1 saturated heterocycles. The van der Waals surface area contributed by atoms with Crippen molar-refractivity contribution in [2.45, 2.75) is 32.0 Å². The molecular weight excluding hydrogens is 421 g/mol. The molecule has 32 heavy (non-hydrogen) atoms. The second-order valence-electron chi connectivity index (χ2n) is 7.83. The van der Waals surface area contributed by atoms with Crippen LogP contribution in [0.1, 0.15) is 37.0 Å². The number of carbonyl (C=O) groups is 1. The van der Waals surface area contributed by atoms with Crippen LogP contribution in [0.15, 0.2) is 48.9 Å². The summed E-state index contributed by atoms with van der Waals surface area (Å²) in [5.74, 6) is 1.17. The van der Waals surface area contributed by atoms with Gasteiger partial charge in [-0.3, -0.25) is 9.78 Å². The molecule has 1 fully saturated rings. The van der Waals surface area contributed by atoms with Crippen LogP contribution in [0.2, 0.25) is 0 Å². The molecule has 2 aromatic heterocycles. The maximum atomic E-state index is 13.0. The lowest BCUT2D eigenvalue weighted by Crippen LogP contribution is -2.24. The van der Waals surface area contributed by atoms with E-state index in [1.807, 2.05) is 25.1 Å². The highest BCUT2D eigenvalue weighted by atomic mass is 19.4. The van der Waals surface area contributed by atoms with Gasteiger partial charge in [0.05, 0.1) is 17.4 Å². The van der Waals surface area contributed by atoms with E-state index in [9.17, 15) is 18.0 Å². The Balaban J connectivity index is 1.45. The third-order valence-corrected chi connectivity index (χ3v) is 5.66. The van der Waals surface area contributed by atoms with Gasteiger partial charge < -0.3 is 15.0 Å². The summed E-state index contributed by atoms with van der Waals surface area (Å²) < 4.78 is 45.0. The van der Waals surface area contributed by atoms with Gasteiger partial charge in [-0.05, 0) is 37.6 Å². The summed E-state index contributed by atoms with van der Waals surface area (Å²) in [6.45, 7) is 2.59. The van der Waals surface area contributed by atoms with Crippen molar-refractivity contribution in [3.63, 3.8) is 0 Å². The predicted octanol–water partition coefficient (Wildman–Crippen LogP) is 5.49. The molecule has 0 bridgehead atoms. The van der Waals surface area contributed by atoms with Crippen LogP contribution in [0, 0.1) is 0 Å². The molecule has 1 aromatic carbocycles. The highest BCUT2D eigenvalue weighted by Crippen LogP contribution is 2.44.